The van der Waals surface area contributed by atoms with E-state index in [4.69, 9.17) is 4.98 Å². The maximum absolute atomic E-state index is 13.5. The van der Waals surface area contributed by atoms with Crippen molar-refractivity contribution < 1.29 is 14.7 Å². The molecule has 0 spiro atoms. The van der Waals surface area contributed by atoms with Crippen LogP contribution in [0.25, 0.3) is 10.9 Å². The Kier molecular flexibility index (Phi) is 6.45. The molecule has 7 heteroatoms. The molecule has 1 amide bonds. The normalized spacial score (nSPS) is 29.1. The lowest BCUT2D eigenvalue weighted by Crippen LogP contribution is -2.55. The standard InChI is InChI=1S/C28H38N4O3/c1-28(2,3)20-8-10-21(11-9-20)30-27-29-16-19-13-17(7-12-24(19)31-27)25(33)32-22-5-4-6-23(32)15-18(14-22)26(34)35/h7,12-13,16,18,20-23H,4-6,8-11,14-15H2,1-3H3,(H,34,35)(H,29,30,31)/t18?,20-,21-,22?,23?. The van der Waals surface area contributed by atoms with Crippen LogP contribution in [0, 0.1) is 17.3 Å². The number of piperidine rings is 2. The van der Waals surface area contributed by atoms with Gasteiger partial charge in [0.05, 0.1) is 11.4 Å². The minimum atomic E-state index is -0.733. The molecule has 0 radical (unpaired) electrons. The van der Waals surface area contributed by atoms with Gasteiger partial charge in [0.2, 0.25) is 5.95 Å². The van der Waals surface area contributed by atoms with Crippen molar-refractivity contribution in [2.75, 3.05) is 5.32 Å². The van der Waals surface area contributed by atoms with Gasteiger partial charge in [0.1, 0.15) is 0 Å². The van der Waals surface area contributed by atoms with Gasteiger partial charge in [-0.1, -0.05) is 20.8 Å². The Labute approximate surface area is 207 Å². The second-order valence-corrected chi connectivity index (χ2v) is 12.0. The Morgan fingerprint density at radius 3 is 2.34 bits per heavy atom. The van der Waals surface area contributed by atoms with Crippen LogP contribution in [0.1, 0.15) is 88.9 Å². The zero-order valence-corrected chi connectivity index (χ0v) is 21.2. The van der Waals surface area contributed by atoms with Gasteiger partial charge in [-0.05, 0) is 87.3 Å². The highest BCUT2D eigenvalue weighted by Gasteiger charge is 2.43. The van der Waals surface area contributed by atoms with E-state index in [9.17, 15) is 14.7 Å². The lowest BCUT2D eigenvalue weighted by atomic mass is 9.71. The maximum atomic E-state index is 13.5. The summed E-state index contributed by atoms with van der Waals surface area (Å²) in [7, 11) is 0. The number of anilines is 1. The Bertz CT molecular complexity index is 1090. The SMILES string of the molecule is CC(C)(C)[C@H]1CC[C@H](Nc2ncc3cc(C(=O)N4C5CCCC4CC(C(=O)O)C5)ccc3n2)CC1. The van der Waals surface area contributed by atoms with Crippen molar-refractivity contribution in [3.8, 4) is 0 Å². The number of fused-ring (bicyclic) bond motifs is 3. The van der Waals surface area contributed by atoms with Crippen molar-refractivity contribution in [2.45, 2.75) is 96.7 Å². The fourth-order valence-electron chi connectivity index (χ4n) is 6.59. The quantitative estimate of drug-likeness (QED) is 0.602. The number of aromatic nitrogens is 2. The fraction of sp³-hybridized carbons (Fsp3) is 0.643. The van der Waals surface area contributed by atoms with Crippen LogP contribution in [0.3, 0.4) is 0 Å². The maximum Gasteiger partial charge on any atom is 0.306 e. The summed E-state index contributed by atoms with van der Waals surface area (Å²) in [6.07, 6.45) is 10.5. The minimum Gasteiger partial charge on any atom is -0.481 e. The summed E-state index contributed by atoms with van der Waals surface area (Å²) in [6, 6.07) is 6.08. The zero-order chi connectivity index (χ0) is 24.7. The van der Waals surface area contributed by atoms with E-state index in [2.05, 4.69) is 31.1 Å². The number of aliphatic carboxylic acids is 1. The molecule has 3 heterocycles. The summed E-state index contributed by atoms with van der Waals surface area (Å²) in [5.74, 6) is 0.352. The third-order valence-electron chi connectivity index (χ3n) is 8.67. The first-order valence-electron chi connectivity index (χ1n) is 13.3. The van der Waals surface area contributed by atoms with Gasteiger partial charge in [-0.3, -0.25) is 9.59 Å². The number of amides is 1. The summed E-state index contributed by atoms with van der Waals surface area (Å²) >= 11 is 0. The molecule has 2 N–H and O–H groups in total. The fourth-order valence-corrected chi connectivity index (χ4v) is 6.59. The van der Waals surface area contributed by atoms with Gasteiger partial charge in [0.25, 0.3) is 5.91 Å². The lowest BCUT2D eigenvalue weighted by Gasteiger charge is -2.48. The number of hydrogen-bond acceptors (Lipinski definition) is 5. The Morgan fingerprint density at radius 1 is 1.03 bits per heavy atom. The van der Waals surface area contributed by atoms with Crippen LogP contribution in [-0.2, 0) is 4.79 Å². The van der Waals surface area contributed by atoms with E-state index >= 15 is 0 Å². The third kappa shape index (κ3) is 5.00. The average molecular weight is 479 g/mol. The zero-order valence-electron chi connectivity index (χ0n) is 21.2. The number of nitrogens with one attached hydrogen (secondary N) is 1. The van der Waals surface area contributed by atoms with E-state index in [0.717, 1.165) is 48.9 Å². The highest BCUT2D eigenvalue weighted by atomic mass is 16.4. The smallest absolute Gasteiger partial charge is 0.306 e. The number of carbonyl (C=O) groups excluding carboxylic acids is 1. The van der Waals surface area contributed by atoms with Crippen molar-refractivity contribution in [2.24, 2.45) is 17.3 Å². The molecule has 7 nitrogen and oxygen atoms in total. The summed E-state index contributed by atoms with van der Waals surface area (Å²) in [6.45, 7) is 7.00. The number of nitrogens with zero attached hydrogens (tertiary/aromatic N) is 3. The minimum absolute atomic E-state index is 0.00301. The highest BCUT2D eigenvalue weighted by Crippen LogP contribution is 2.39. The highest BCUT2D eigenvalue weighted by molar-refractivity contribution is 5.98. The van der Waals surface area contributed by atoms with E-state index in [1.165, 1.54) is 12.8 Å². The van der Waals surface area contributed by atoms with Gasteiger partial charge in [-0.15, -0.1) is 0 Å². The van der Waals surface area contributed by atoms with Crippen LogP contribution >= 0.6 is 0 Å². The molecule has 1 aromatic carbocycles. The van der Waals surface area contributed by atoms with Gasteiger partial charge in [0, 0.05) is 35.3 Å². The van der Waals surface area contributed by atoms with E-state index in [-0.39, 0.29) is 23.9 Å². The predicted molar refractivity (Wildman–Crippen MR) is 136 cm³/mol. The predicted octanol–water partition coefficient (Wildman–Crippen LogP) is 5.50. The van der Waals surface area contributed by atoms with Gasteiger partial charge < -0.3 is 15.3 Å². The molecule has 3 aliphatic rings. The summed E-state index contributed by atoms with van der Waals surface area (Å²) in [4.78, 5) is 36.3. The first-order valence-corrected chi connectivity index (χ1v) is 13.3. The number of hydrogen-bond donors (Lipinski definition) is 2. The second-order valence-electron chi connectivity index (χ2n) is 12.0. The van der Waals surface area contributed by atoms with Gasteiger partial charge in [-0.2, -0.15) is 0 Å². The van der Waals surface area contributed by atoms with E-state index in [1.807, 2.05) is 23.1 Å². The van der Waals surface area contributed by atoms with Gasteiger partial charge in [0.15, 0.2) is 0 Å². The molecule has 2 aliphatic heterocycles. The molecule has 2 bridgehead atoms. The van der Waals surface area contributed by atoms with Crippen LogP contribution < -0.4 is 5.32 Å². The molecular formula is C28H38N4O3. The number of carbonyl (C=O) groups is 2. The molecule has 2 saturated heterocycles. The molecule has 2 atom stereocenters. The molecule has 188 valence electrons. The van der Waals surface area contributed by atoms with Crippen LogP contribution in [0.4, 0.5) is 5.95 Å². The van der Waals surface area contributed by atoms with Crippen LogP contribution in [0.5, 0.6) is 0 Å². The summed E-state index contributed by atoms with van der Waals surface area (Å²) in [5, 5.41) is 13.9. The van der Waals surface area contributed by atoms with Crippen molar-refractivity contribution in [3.63, 3.8) is 0 Å². The van der Waals surface area contributed by atoms with Crippen LogP contribution in [0.15, 0.2) is 24.4 Å². The molecule has 1 saturated carbocycles. The Morgan fingerprint density at radius 2 is 1.71 bits per heavy atom. The molecule has 2 aromatic rings. The number of carboxylic acid groups (broad SMARTS) is 1. The molecule has 1 aliphatic carbocycles. The molecule has 5 rings (SSSR count). The monoisotopic (exact) mass is 478 g/mol. The lowest BCUT2D eigenvalue weighted by molar-refractivity contribution is -0.145. The summed E-state index contributed by atoms with van der Waals surface area (Å²) in [5.41, 5.74) is 1.82. The van der Waals surface area contributed by atoms with Gasteiger partial charge in [-0.25, -0.2) is 9.97 Å². The molecule has 1 aromatic heterocycles. The average Bonchev–Trinajstić information content (AvgIpc) is 2.82. The molecular weight excluding hydrogens is 440 g/mol. The Hall–Kier alpha value is -2.70. The summed E-state index contributed by atoms with van der Waals surface area (Å²) < 4.78 is 0. The first-order chi connectivity index (χ1) is 16.7. The van der Waals surface area contributed by atoms with Crippen molar-refractivity contribution in [1.29, 1.82) is 0 Å². The largest absolute Gasteiger partial charge is 0.481 e. The van der Waals surface area contributed by atoms with Crippen LogP contribution in [-0.4, -0.2) is 50.0 Å². The third-order valence-corrected chi connectivity index (χ3v) is 8.67. The molecule has 2 unspecified atom stereocenters. The second kappa shape index (κ2) is 9.40. The Balaban J connectivity index is 1.27. The topological polar surface area (TPSA) is 95.4 Å². The van der Waals surface area contributed by atoms with E-state index in [1.54, 1.807) is 6.20 Å². The van der Waals surface area contributed by atoms with Gasteiger partial charge >= 0.3 is 5.97 Å². The van der Waals surface area contributed by atoms with Crippen molar-refractivity contribution in [3.05, 3.63) is 30.0 Å². The van der Waals surface area contributed by atoms with Crippen LogP contribution in [0.2, 0.25) is 0 Å². The van der Waals surface area contributed by atoms with E-state index < -0.39 is 5.97 Å². The number of carboxylic acids is 1. The van der Waals surface area contributed by atoms with Crippen molar-refractivity contribution >= 4 is 28.7 Å². The van der Waals surface area contributed by atoms with Crippen molar-refractivity contribution in [1.82, 2.24) is 14.9 Å². The first kappa shape index (κ1) is 24.0. The number of rotatable bonds is 4. The molecule has 3 fully saturated rings. The molecule has 35 heavy (non-hydrogen) atoms. The van der Waals surface area contributed by atoms with E-state index in [0.29, 0.717) is 35.8 Å². The number of benzene rings is 1.